The Hall–Kier alpha value is -0.0900. The molecule has 6 heteroatoms. The lowest BCUT2D eigenvalue weighted by molar-refractivity contribution is 0.582. The van der Waals surface area contributed by atoms with Gasteiger partial charge in [0.1, 0.15) is 5.82 Å². The molecule has 0 N–H and O–H groups in total. The van der Waals surface area contributed by atoms with Crippen molar-refractivity contribution < 1.29 is 0 Å². The second kappa shape index (κ2) is 8.52. The number of aromatic nitrogens is 2. The van der Waals surface area contributed by atoms with E-state index in [0.717, 1.165) is 29.8 Å². The molecule has 0 saturated carbocycles. The number of alkyl halides is 1. The van der Waals surface area contributed by atoms with Gasteiger partial charge in [0, 0.05) is 6.54 Å². The number of benzene rings is 1. The number of hydrogen-bond acceptors (Lipinski definition) is 2. The van der Waals surface area contributed by atoms with Crippen LogP contribution < -0.4 is 0 Å². The van der Waals surface area contributed by atoms with Crippen LogP contribution in [-0.4, -0.2) is 21.6 Å². The molecule has 0 spiro atoms. The van der Waals surface area contributed by atoms with E-state index in [4.69, 9.17) is 34.8 Å². The lowest BCUT2D eigenvalue weighted by atomic mass is 10.2. The predicted octanol–water partition coefficient (Wildman–Crippen LogP) is 6.01. The largest absolute Gasteiger partial charge is 0.327 e. The van der Waals surface area contributed by atoms with Crippen LogP contribution in [0.2, 0.25) is 10.0 Å². The molecule has 0 bridgehead atoms. The minimum atomic E-state index is 0.399. The molecule has 0 aliphatic heterocycles. The van der Waals surface area contributed by atoms with E-state index in [1.54, 1.807) is 0 Å². The fourth-order valence-electron chi connectivity index (χ4n) is 2.39. The Morgan fingerprint density at radius 2 is 1.81 bits per heavy atom. The van der Waals surface area contributed by atoms with Gasteiger partial charge in [-0.05, 0) is 37.0 Å². The molecule has 0 unspecified atom stereocenters. The summed E-state index contributed by atoms with van der Waals surface area (Å²) in [6.45, 7) is 0.926. The van der Waals surface area contributed by atoms with Gasteiger partial charge < -0.3 is 4.57 Å². The van der Waals surface area contributed by atoms with E-state index < -0.39 is 0 Å². The molecule has 2 rings (SSSR count). The Morgan fingerprint density at radius 1 is 1.10 bits per heavy atom. The summed E-state index contributed by atoms with van der Waals surface area (Å²) < 4.78 is 2.17. The molecular weight excluding hydrogens is 347 g/mol. The highest BCUT2D eigenvalue weighted by atomic mass is 35.5. The quantitative estimate of drug-likeness (QED) is 0.421. The summed E-state index contributed by atoms with van der Waals surface area (Å²) in [5.41, 5.74) is 1.88. The van der Waals surface area contributed by atoms with Crippen LogP contribution in [0.3, 0.4) is 0 Å². The van der Waals surface area contributed by atoms with E-state index in [1.807, 2.05) is 23.9 Å². The van der Waals surface area contributed by atoms with Crippen molar-refractivity contribution in [3.63, 3.8) is 0 Å². The van der Waals surface area contributed by atoms with Gasteiger partial charge in [0.2, 0.25) is 0 Å². The third-order valence-corrected chi connectivity index (χ3v) is 5.13. The Bertz CT molecular complexity index is 598. The van der Waals surface area contributed by atoms with Gasteiger partial charge in [-0.25, -0.2) is 4.98 Å². The molecule has 2 nitrogen and oxygen atoms in total. The maximum absolute atomic E-state index is 6.12. The lowest BCUT2D eigenvalue weighted by Gasteiger charge is -2.08. The molecule has 116 valence electrons. The molecule has 0 saturated heterocycles. The number of nitrogens with zero attached hydrogens (tertiary/aromatic N) is 2. The summed E-state index contributed by atoms with van der Waals surface area (Å²) in [6, 6.07) is 3.69. The Labute approximate surface area is 145 Å². The zero-order chi connectivity index (χ0) is 15.2. The Balaban J connectivity index is 2.08. The number of fused-ring (bicyclic) bond motifs is 1. The van der Waals surface area contributed by atoms with Gasteiger partial charge in [0.05, 0.1) is 27.0 Å². The zero-order valence-corrected chi connectivity index (χ0v) is 15.1. The number of imidazole rings is 1. The van der Waals surface area contributed by atoms with Crippen molar-refractivity contribution in [2.24, 2.45) is 0 Å². The van der Waals surface area contributed by atoms with E-state index in [1.165, 1.54) is 25.0 Å². The molecule has 1 aromatic heterocycles. The first-order chi connectivity index (χ1) is 10.2. The molecule has 21 heavy (non-hydrogen) atoms. The van der Waals surface area contributed by atoms with Crippen LogP contribution in [0.4, 0.5) is 0 Å². The van der Waals surface area contributed by atoms with Crippen molar-refractivity contribution in [2.45, 2.75) is 38.1 Å². The van der Waals surface area contributed by atoms with Crippen LogP contribution in [0.25, 0.3) is 11.0 Å². The van der Waals surface area contributed by atoms with E-state index in [9.17, 15) is 0 Å². The van der Waals surface area contributed by atoms with E-state index in [2.05, 4.69) is 15.8 Å². The SMILES string of the molecule is CSCCCCCCn1c(CCl)nc2cc(Cl)c(Cl)cc21. The van der Waals surface area contributed by atoms with Crippen LogP contribution in [0, 0.1) is 0 Å². The smallest absolute Gasteiger partial charge is 0.124 e. The molecule has 0 radical (unpaired) electrons. The number of unbranched alkanes of at least 4 members (excludes halogenated alkanes) is 3. The summed E-state index contributed by atoms with van der Waals surface area (Å²) in [6.07, 6.45) is 7.07. The number of aryl methyl sites for hydroxylation is 1. The van der Waals surface area contributed by atoms with Crippen LogP contribution in [-0.2, 0) is 12.4 Å². The summed E-state index contributed by atoms with van der Waals surface area (Å²) in [5, 5.41) is 1.10. The van der Waals surface area contributed by atoms with Crippen molar-refractivity contribution >= 4 is 57.6 Å². The molecule has 1 heterocycles. The van der Waals surface area contributed by atoms with Crippen molar-refractivity contribution in [3.8, 4) is 0 Å². The molecular formula is C15H19Cl3N2S. The molecule has 2 aromatic rings. The van der Waals surface area contributed by atoms with Gasteiger partial charge in [0.25, 0.3) is 0 Å². The predicted molar refractivity (Wildman–Crippen MR) is 96.2 cm³/mol. The van der Waals surface area contributed by atoms with Crippen LogP contribution in [0.15, 0.2) is 12.1 Å². The van der Waals surface area contributed by atoms with Crippen molar-refractivity contribution in [1.29, 1.82) is 0 Å². The lowest BCUT2D eigenvalue weighted by Crippen LogP contribution is -2.02. The Kier molecular flexibility index (Phi) is 7.00. The molecule has 0 atom stereocenters. The summed E-state index contributed by atoms with van der Waals surface area (Å²) in [5.74, 6) is 2.53. The second-order valence-electron chi connectivity index (χ2n) is 4.98. The van der Waals surface area contributed by atoms with Gasteiger partial charge in [-0.15, -0.1) is 11.6 Å². The molecule has 1 aromatic carbocycles. The summed E-state index contributed by atoms with van der Waals surface area (Å²) in [4.78, 5) is 4.55. The number of hydrogen-bond donors (Lipinski definition) is 0. The van der Waals surface area contributed by atoms with Gasteiger partial charge in [-0.1, -0.05) is 36.0 Å². The first-order valence-electron chi connectivity index (χ1n) is 7.06. The van der Waals surface area contributed by atoms with E-state index in [-0.39, 0.29) is 0 Å². The highest BCUT2D eigenvalue weighted by Crippen LogP contribution is 2.29. The third-order valence-electron chi connectivity index (χ3n) is 3.47. The standard InChI is InChI=1S/C15H19Cl3N2S/c1-21-7-5-3-2-4-6-20-14-9-12(18)11(17)8-13(14)19-15(20)10-16/h8-9H,2-7,10H2,1H3. The van der Waals surface area contributed by atoms with E-state index in [0.29, 0.717) is 15.9 Å². The van der Waals surface area contributed by atoms with Crippen molar-refractivity contribution in [3.05, 3.63) is 28.0 Å². The van der Waals surface area contributed by atoms with Crippen LogP contribution >= 0.6 is 46.6 Å². The first-order valence-corrected chi connectivity index (χ1v) is 9.75. The minimum absolute atomic E-state index is 0.399. The normalized spacial score (nSPS) is 11.4. The minimum Gasteiger partial charge on any atom is -0.327 e. The number of halogens is 3. The average Bonchev–Trinajstić information content (AvgIpc) is 2.80. The molecule has 0 aliphatic carbocycles. The fourth-order valence-corrected chi connectivity index (χ4v) is 3.40. The highest BCUT2D eigenvalue weighted by Gasteiger charge is 2.12. The monoisotopic (exact) mass is 364 g/mol. The zero-order valence-electron chi connectivity index (χ0n) is 12.0. The van der Waals surface area contributed by atoms with Gasteiger partial charge >= 0.3 is 0 Å². The van der Waals surface area contributed by atoms with Crippen LogP contribution in [0.1, 0.15) is 31.5 Å². The van der Waals surface area contributed by atoms with E-state index >= 15 is 0 Å². The van der Waals surface area contributed by atoms with Gasteiger partial charge in [-0.3, -0.25) is 0 Å². The Morgan fingerprint density at radius 3 is 2.52 bits per heavy atom. The third kappa shape index (κ3) is 4.44. The number of rotatable bonds is 8. The van der Waals surface area contributed by atoms with Crippen molar-refractivity contribution in [2.75, 3.05) is 12.0 Å². The highest BCUT2D eigenvalue weighted by molar-refractivity contribution is 7.98. The topological polar surface area (TPSA) is 17.8 Å². The summed E-state index contributed by atoms with van der Waals surface area (Å²) >= 11 is 20.1. The fraction of sp³-hybridized carbons (Fsp3) is 0.533. The maximum Gasteiger partial charge on any atom is 0.124 e. The van der Waals surface area contributed by atoms with Crippen molar-refractivity contribution in [1.82, 2.24) is 9.55 Å². The van der Waals surface area contributed by atoms with Gasteiger partial charge in [-0.2, -0.15) is 11.8 Å². The molecule has 0 amide bonds. The van der Waals surface area contributed by atoms with Crippen LogP contribution in [0.5, 0.6) is 0 Å². The first kappa shape index (κ1) is 17.3. The molecule has 0 aliphatic rings. The average molecular weight is 366 g/mol. The molecule has 0 fully saturated rings. The second-order valence-corrected chi connectivity index (χ2v) is 7.04. The maximum atomic E-state index is 6.12. The van der Waals surface area contributed by atoms with Gasteiger partial charge in [0.15, 0.2) is 0 Å². The summed E-state index contributed by atoms with van der Waals surface area (Å²) in [7, 11) is 0. The number of thioether (sulfide) groups is 1.